The molecule has 0 radical (unpaired) electrons. The van der Waals surface area contributed by atoms with E-state index in [0.29, 0.717) is 0 Å². The molecule has 2 atom stereocenters. The Balaban J connectivity index is 3.13. The first-order chi connectivity index (χ1) is 9.22. The molecule has 4 nitrogen and oxygen atoms in total. The zero-order chi connectivity index (χ0) is 15.5. The van der Waals surface area contributed by atoms with Crippen LogP contribution < -0.4 is 4.72 Å². The second-order valence-electron chi connectivity index (χ2n) is 5.17. The van der Waals surface area contributed by atoms with Crippen LogP contribution in [0.3, 0.4) is 0 Å². The number of aryl methyl sites for hydroxylation is 1. The minimum absolute atomic E-state index is 0.0124. The Bertz CT molecular complexity index is 572. The van der Waals surface area contributed by atoms with Gasteiger partial charge in [-0.1, -0.05) is 20.3 Å². The Labute approximate surface area is 120 Å². The predicted molar refractivity (Wildman–Crippen MR) is 76.3 cm³/mol. The first-order valence-electron chi connectivity index (χ1n) is 6.65. The van der Waals surface area contributed by atoms with Crippen molar-refractivity contribution >= 4 is 10.0 Å². The first-order valence-corrected chi connectivity index (χ1v) is 8.13. The fourth-order valence-electron chi connectivity index (χ4n) is 1.86. The number of aliphatic hydroxyl groups is 1. The van der Waals surface area contributed by atoms with E-state index in [0.717, 1.165) is 6.42 Å². The number of aliphatic hydroxyl groups excluding tert-OH is 1. The molecule has 2 N–H and O–H groups in total. The van der Waals surface area contributed by atoms with Crippen LogP contribution in [-0.2, 0) is 16.6 Å². The van der Waals surface area contributed by atoms with Crippen LogP contribution >= 0.6 is 0 Å². The number of benzene rings is 1. The second kappa shape index (κ2) is 6.65. The minimum atomic E-state index is -3.71. The lowest BCUT2D eigenvalue weighted by Crippen LogP contribution is -2.37. The van der Waals surface area contributed by atoms with E-state index in [-0.39, 0.29) is 28.0 Å². The number of nitrogens with one attached hydrogen (secondary N) is 1. The number of halogens is 1. The van der Waals surface area contributed by atoms with Crippen molar-refractivity contribution in [2.24, 2.45) is 5.92 Å². The van der Waals surface area contributed by atoms with E-state index in [4.69, 9.17) is 5.11 Å². The van der Waals surface area contributed by atoms with Gasteiger partial charge in [0.1, 0.15) is 5.82 Å². The van der Waals surface area contributed by atoms with Gasteiger partial charge in [0.15, 0.2) is 0 Å². The zero-order valence-corrected chi connectivity index (χ0v) is 13.1. The van der Waals surface area contributed by atoms with Crippen LogP contribution in [0.2, 0.25) is 0 Å². The molecule has 0 fully saturated rings. The first kappa shape index (κ1) is 17.1. The molecule has 1 aromatic rings. The van der Waals surface area contributed by atoms with Gasteiger partial charge >= 0.3 is 0 Å². The largest absolute Gasteiger partial charge is 0.392 e. The molecule has 20 heavy (non-hydrogen) atoms. The normalized spacial score (nSPS) is 15.1. The Morgan fingerprint density at radius 3 is 2.45 bits per heavy atom. The maximum Gasteiger partial charge on any atom is 0.240 e. The molecule has 0 spiro atoms. The van der Waals surface area contributed by atoms with Crippen LogP contribution in [0.4, 0.5) is 4.39 Å². The van der Waals surface area contributed by atoms with E-state index in [2.05, 4.69) is 4.72 Å². The Morgan fingerprint density at radius 1 is 1.35 bits per heavy atom. The summed E-state index contributed by atoms with van der Waals surface area (Å²) in [6.07, 6.45) is 0.855. The molecule has 0 bridgehead atoms. The third-order valence-electron chi connectivity index (χ3n) is 3.62. The summed E-state index contributed by atoms with van der Waals surface area (Å²) in [5, 5.41) is 9.09. The van der Waals surface area contributed by atoms with E-state index >= 15 is 0 Å². The second-order valence-corrected chi connectivity index (χ2v) is 6.88. The fraction of sp³-hybridized carbons (Fsp3) is 0.571. The maximum absolute atomic E-state index is 13.6. The van der Waals surface area contributed by atoms with Gasteiger partial charge in [0.25, 0.3) is 0 Å². The highest BCUT2D eigenvalue weighted by Gasteiger charge is 2.22. The smallest absolute Gasteiger partial charge is 0.240 e. The summed E-state index contributed by atoms with van der Waals surface area (Å²) in [5.41, 5.74) is 0.190. The van der Waals surface area contributed by atoms with E-state index in [9.17, 15) is 12.8 Å². The zero-order valence-electron chi connectivity index (χ0n) is 12.3. The molecule has 0 saturated heterocycles. The number of hydrogen-bond acceptors (Lipinski definition) is 3. The molecule has 1 rings (SSSR count). The highest BCUT2D eigenvalue weighted by atomic mass is 32.2. The van der Waals surface area contributed by atoms with Crippen LogP contribution in [0.1, 0.15) is 38.3 Å². The topological polar surface area (TPSA) is 66.4 Å². The highest BCUT2D eigenvalue weighted by molar-refractivity contribution is 7.89. The average molecular weight is 303 g/mol. The van der Waals surface area contributed by atoms with Crippen molar-refractivity contribution in [3.05, 3.63) is 29.1 Å². The minimum Gasteiger partial charge on any atom is -0.392 e. The summed E-state index contributed by atoms with van der Waals surface area (Å²) in [7, 11) is -3.71. The van der Waals surface area contributed by atoms with Gasteiger partial charge in [0.2, 0.25) is 10.0 Å². The number of hydrogen-bond donors (Lipinski definition) is 2. The standard InChI is InChI=1S/C14H22FNO3S/c1-5-9(2)11(4)16-20(18,19)13-6-10(3)14(15)12(7-13)8-17/h6-7,9,11,16-17H,5,8H2,1-4H3. The predicted octanol–water partition coefficient (Wildman–Crippen LogP) is 2.34. The fourth-order valence-corrected chi connectivity index (χ4v) is 3.35. The van der Waals surface area contributed by atoms with E-state index < -0.39 is 22.4 Å². The summed E-state index contributed by atoms with van der Waals surface area (Å²) in [5.74, 6) is -0.370. The van der Waals surface area contributed by atoms with E-state index in [1.807, 2.05) is 13.8 Å². The molecule has 2 unspecified atom stereocenters. The van der Waals surface area contributed by atoms with Crippen molar-refractivity contribution in [1.82, 2.24) is 4.72 Å². The molecule has 0 heterocycles. The van der Waals surface area contributed by atoms with Gasteiger partial charge in [-0.25, -0.2) is 17.5 Å². The van der Waals surface area contributed by atoms with Gasteiger partial charge in [-0.05, 0) is 37.5 Å². The average Bonchev–Trinajstić information content (AvgIpc) is 2.39. The van der Waals surface area contributed by atoms with E-state index in [1.165, 1.54) is 19.1 Å². The Hall–Kier alpha value is -0.980. The number of rotatable bonds is 6. The van der Waals surface area contributed by atoms with Crippen molar-refractivity contribution in [2.75, 3.05) is 0 Å². The SMILES string of the molecule is CCC(C)C(C)NS(=O)(=O)c1cc(C)c(F)c(CO)c1. The highest BCUT2D eigenvalue weighted by Crippen LogP contribution is 2.20. The Morgan fingerprint density at radius 2 is 1.95 bits per heavy atom. The van der Waals surface area contributed by atoms with Gasteiger partial charge in [0.05, 0.1) is 11.5 Å². The summed E-state index contributed by atoms with van der Waals surface area (Å²) >= 11 is 0. The third-order valence-corrected chi connectivity index (χ3v) is 5.16. The molecular weight excluding hydrogens is 281 g/mol. The molecule has 0 aliphatic carbocycles. The van der Waals surface area contributed by atoms with Gasteiger partial charge < -0.3 is 5.11 Å². The molecule has 114 valence electrons. The molecule has 1 aromatic carbocycles. The van der Waals surface area contributed by atoms with Crippen molar-refractivity contribution in [1.29, 1.82) is 0 Å². The van der Waals surface area contributed by atoms with Crippen molar-refractivity contribution < 1.29 is 17.9 Å². The Kier molecular flexibility index (Phi) is 5.68. The number of sulfonamides is 1. The van der Waals surface area contributed by atoms with Gasteiger partial charge in [0, 0.05) is 11.6 Å². The van der Waals surface area contributed by atoms with Crippen LogP contribution in [-0.4, -0.2) is 19.6 Å². The van der Waals surface area contributed by atoms with Gasteiger partial charge in [-0.2, -0.15) is 0 Å². The van der Waals surface area contributed by atoms with Gasteiger partial charge in [-0.15, -0.1) is 0 Å². The summed E-state index contributed by atoms with van der Waals surface area (Å²) < 4.78 is 40.8. The molecule has 0 aromatic heterocycles. The molecule has 0 amide bonds. The summed E-state index contributed by atoms with van der Waals surface area (Å²) in [6.45, 7) is 6.70. The van der Waals surface area contributed by atoms with Crippen LogP contribution in [0.15, 0.2) is 17.0 Å². The molecular formula is C14H22FNO3S. The molecule has 0 saturated carbocycles. The summed E-state index contributed by atoms with van der Waals surface area (Å²) in [6, 6.07) is 2.24. The van der Waals surface area contributed by atoms with Crippen LogP contribution in [0, 0.1) is 18.7 Å². The van der Waals surface area contributed by atoms with Crippen LogP contribution in [0.5, 0.6) is 0 Å². The van der Waals surface area contributed by atoms with Crippen molar-refractivity contribution in [3.8, 4) is 0 Å². The lowest BCUT2D eigenvalue weighted by atomic mass is 10.0. The third kappa shape index (κ3) is 3.77. The lowest BCUT2D eigenvalue weighted by Gasteiger charge is -2.20. The van der Waals surface area contributed by atoms with Gasteiger partial charge in [-0.3, -0.25) is 0 Å². The monoisotopic (exact) mass is 303 g/mol. The lowest BCUT2D eigenvalue weighted by molar-refractivity contribution is 0.275. The molecule has 6 heteroatoms. The maximum atomic E-state index is 13.6. The summed E-state index contributed by atoms with van der Waals surface area (Å²) in [4.78, 5) is -0.0180. The van der Waals surface area contributed by atoms with Crippen molar-refractivity contribution in [3.63, 3.8) is 0 Å². The molecule has 0 aliphatic heterocycles. The van der Waals surface area contributed by atoms with Crippen LogP contribution in [0.25, 0.3) is 0 Å². The van der Waals surface area contributed by atoms with Crippen molar-refractivity contribution in [2.45, 2.75) is 51.7 Å². The molecule has 0 aliphatic rings. The quantitative estimate of drug-likeness (QED) is 0.847. The van der Waals surface area contributed by atoms with E-state index in [1.54, 1.807) is 6.92 Å².